The zero-order valence-corrected chi connectivity index (χ0v) is 28.6. The Morgan fingerprint density at radius 1 is 0.459 bits per heavy atom. The second-order valence-corrected chi connectivity index (χ2v) is 10.2. The van der Waals surface area contributed by atoms with Crippen molar-refractivity contribution < 1.29 is 21.1 Å². The number of nitrogens with one attached hydrogen (secondary N) is 4. The summed E-state index contributed by atoms with van der Waals surface area (Å²) in [6.45, 7) is 21.3. The van der Waals surface area contributed by atoms with Crippen LogP contribution in [0.25, 0.3) is 0 Å². The standard InChI is InChI=1S/4C6H12N2S.Pt/c4*1-2-8-5-3-4-7-6(8)9;/h4*2-5H2,1H3,(H,7,9);. The van der Waals surface area contributed by atoms with E-state index in [9.17, 15) is 0 Å². The van der Waals surface area contributed by atoms with Gasteiger partial charge in [-0.3, -0.25) is 0 Å². The average Bonchev–Trinajstić information content (AvgIpc) is 2.91. The van der Waals surface area contributed by atoms with Crippen molar-refractivity contribution in [2.45, 2.75) is 53.4 Å². The normalized spacial score (nSPS) is 19.1. The van der Waals surface area contributed by atoms with Gasteiger partial charge in [-0.15, -0.1) is 0 Å². The molecule has 0 bridgehead atoms. The molecule has 0 unspecified atom stereocenters. The third-order valence-corrected chi connectivity index (χ3v) is 7.81. The quantitative estimate of drug-likeness (QED) is 0.318. The van der Waals surface area contributed by atoms with Gasteiger partial charge in [0.05, 0.1) is 0 Å². The summed E-state index contributed by atoms with van der Waals surface area (Å²) in [4.78, 5) is 8.72. The largest absolute Gasteiger partial charge is 0.362 e. The van der Waals surface area contributed by atoms with Crippen molar-refractivity contribution in [1.82, 2.24) is 40.9 Å². The molecule has 4 heterocycles. The number of nitrogens with zero attached hydrogens (tertiary/aromatic N) is 4. The van der Waals surface area contributed by atoms with E-state index >= 15 is 0 Å². The maximum Gasteiger partial charge on any atom is 0.168 e. The Morgan fingerprint density at radius 2 is 0.649 bits per heavy atom. The van der Waals surface area contributed by atoms with Crippen LogP contribution in [0.2, 0.25) is 0 Å². The van der Waals surface area contributed by atoms with Crippen LogP contribution in [0.15, 0.2) is 0 Å². The van der Waals surface area contributed by atoms with E-state index in [1.807, 2.05) is 0 Å². The summed E-state index contributed by atoms with van der Waals surface area (Å²) >= 11 is 20.2. The first-order valence-corrected chi connectivity index (χ1v) is 15.1. The first-order chi connectivity index (χ1) is 17.4. The Balaban J connectivity index is 0.000000463. The molecule has 4 saturated heterocycles. The van der Waals surface area contributed by atoms with Crippen molar-refractivity contribution in [3.05, 3.63) is 0 Å². The summed E-state index contributed by atoms with van der Waals surface area (Å²) in [7, 11) is 0. The Morgan fingerprint density at radius 3 is 0.757 bits per heavy atom. The molecule has 13 heteroatoms. The number of thiocarbonyl (C=S) groups is 4. The summed E-state index contributed by atoms with van der Waals surface area (Å²) < 4.78 is 0. The molecule has 4 aliphatic rings. The molecule has 4 rings (SSSR count). The number of hydrogen-bond acceptors (Lipinski definition) is 4. The topological polar surface area (TPSA) is 61.1 Å². The summed E-state index contributed by atoms with van der Waals surface area (Å²) in [5.41, 5.74) is 0. The smallest absolute Gasteiger partial charge is 0.168 e. The van der Waals surface area contributed by atoms with Gasteiger partial charge in [-0.05, 0) is 102 Å². The van der Waals surface area contributed by atoms with Gasteiger partial charge in [0.15, 0.2) is 20.4 Å². The first kappa shape index (κ1) is 36.4. The Kier molecular flexibility index (Phi) is 22.0. The van der Waals surface area contributed by atoms with Crippen molar-refractivity contribution in [2.75, 3.05) is 78.5 Å². The fraction of sp³-hybridized carbons (Fsp3) is 0.833. The van der Waals surface area contributed by atoms with E-state index in [4.69, 9.17) is 48.9 Å². The zero-order chi connectivity index (χ0) is 26.8. The molecule has 0 aromatic rings. The van der Waals surface area contributed by atoms with Gasteiger partial charge in [0.2, 0.25) is 0 Å². The van der Waals surface area contributed by atoms with Gasteiger partial charge in [0.25, 0.3) is 0 Å². The predicted octanol–water partition coefficient (Wildman–Crippen LogP) is 2.34. The van der Waals surface area contributed by atoms with Gasteiger partial charge >= 0.3 is 0 Å². The van der Waals surface area contributed by atoms with Crippen molar-refractivity contribution >= 4 is 69.3 Å². The minimum Gasteiger partial charge on any atom is -0.362 e. The van der Waals surface area contributed by atoms with E-state index in [-0.39, 0.29) is 21.1 Å². The third kappa shape index (κ3) is 15.0. The van der Waals surface area contributed by atoms with E-state index < -0.39 is 0 Å². The molecule has 4 N–H and O–H groups in total. The Labute approximate surface area is 261 Å². The first-order valence-electron chi connectivity index (χ1n) is 13.5. The second kappa shape index (κ2) is 22.3. The molecule has 0 saturated carbocycles. The summed E-state index contributed by atoms with van der Waals surface area (Å²) in [6, 6.07) is 0. The third-order valence-electron chi connectivity index (χ3n) is 6.20. The summed E-state index contributed by atoms with van der Waals surface area (Å²) in [5.74, 6) is 0. The van der Waals surface area contributed by atoms with Gasteiger partial charge in [0, 0.05) is 99.6 Å². The Bertz CT molecular complexity index is 573. The molecule has 0 atom stereocenters. The van der Waals surface area contributed by atoms with Crippen LogP contribution in [-0.4, -0.2) is 119 Å². The van der Waals surface area contributed by atoms with Crippen LogP contribution in [0.4, 0.5) is 0 Å². The van der Waals surface area contributed by atoms with Gasteiger partial charge < -0.3 is 40.9 Å². The second-order valence-electron chi connectivity index (χ2n) is 8.66. The van der Waals surface area contributed by atoms with Crippen molar-refractivity contribution in [1.29, 1.82) is 0 Å². The molecule has 8 nitrogen and oxygen atoms in total. The molecular formula is C24H48N8PtS4. The zero-order valence-electron chi connectivity index (χ0n) is 23.1. The molecular weight excluding hydrogens is 724 g/mol. The van der Waals surface area contributed by atoms with Gasteiger partial charge in [-0.2, -0.15) is 0 Å². The van der Waals surface area contributed by atoms with Crippen molar-refractivity contribution in [3.63, 3.8) is 0 Å². The van der Waals surface area contributed by atoms with Crippen LogP contribution in [0.5, 0.6) is 0 Å². The van der Waals surface area contributed by atoms with Crippen molar-refractivity contribution in [3.8, 4) is 0 Å². The maximum absolute atomic E-state index is 5.04. The number of rotatable bonds is 4. The fourth-order valence-electron chi connectivity index (χ4n) is 3.92. The Hall–Kier alpha value is -0.552. The number of hydrogen-bond donors (Lipinski definition) is 4. The van der Waals surface area contributed by atoms with Gasteiger partial charge in [-0.25, -0.2) is 0 Å². The van der Waals surface area contributed by atoms with Gasteiger partial charge in [-0.1, -0.05) is 0 Å². The molecule has 218 valence electrons. The van der Waals surface area contributed by atoms with Crippen LogP contribution < -0.4 is 21.3 Å². The predicted molar refractivity (Wildman–Crippen MR) is 170 cm³/mol. The van der Waals surface area contributed by atoms with Crippen LogP contribution >= 0.6 is 48.9 Å². The van der Waals surface area contributed by atoms with Gasteiger partial charge in [0.1, 0.15) is 0 Å². The van der Waals surface area contributed by atoms with E-state index in [0.29, 0.717) is 0 Å². The maximum atomic E-state index is 5.04. The molecule has 0 aromatic carbocycles. The summed E-state index contributed by atoms with van der Waals surface area (Å²) in [5, 5.41) is 16.2. The van der Waals surface area contributed by atoms with Crippen LogP contribution in [-0.2, 0) is 21.1 Å². The molecule has 4 fully saturated rings. The molecule has 0 radical (unpaired) electrons. The van der Waals surface area contributed by atoms with E-state index in [0.717, 1.165) is 99.0 Å². The fourth-order valence-corrected chi connectivity index (χ4v) is 5.21. The molecule has 0 amide bonds. The van der Waals surface area contributed by atoms with E-state index in [1.54, 1.807) is 0 Å². The van der Waals surface area contributed by atoms with E-state index in [2.05, 4.69) is 68.6 Å². The molecule has 0 aliphatic carbocycles. The minimum absolute atomic E-state index is 0. The summed E-state index contributed by atoms with van der Waals surface area (Å²) in [6.07, 6.45) is 4.86. The van der Waals surface area contributed by atoms with Crippen LogP contribution in [0.1, 0.15) is 53.4 Å². The average molecular weight is 772 g/mol. The SMILES string of the molecule is CCN1CCCNC1=S.CCN1CCCNC1=S.CCN1CCCNC1=S.CCN1CCCNC1=S.[Pt]. The molecule has 4 aliphatic heterocycles. The molecule has 0 spiro atoms. The van der Waals surface area contributed by atoms with Crippen molar-refractivity contribution in [2.24, 2.45) is 0 Å². The molecule has 37 heavy (non-hydrogen) atoms. The van der Waals surface area contributed by atoms with E-state index in [1.165, 1.54) is 25.7 Å². The monoisotopic (exact) mass is 771 g/mol. The minimum atomic E-state index is 0. The van der Waals surface area contributed by atoms with Crippen LogP contribution in [0, 0.1) is 0 Å². The van der Waals surface area contributed by atoms with Crippen LogP contribution in [0.3, 0.4) is 0 Å². The molecule has 0 aromatic heterocycles.